The summed E-state index contributed by atoms with van der Waals surface area (Å²) in [7, 11) is 0. The molecule has 0 spiro atoms. The van der Waals surface area contributed by atoms with Gasteiger partial charge in [-0.15, -0.1) is 0 Å². The summed E-state index contributed by atoms with van der Waals surface area (Å²) < 4.78 is 44.6. The van der Waals surface area contributed by atoms with Crippen LogP contribution >= 0.6 is 0 Å². The predicted molar refractivity (Wildman–Crippen MR) is 107 cm³/mol. The second-order valence-corrected chi connectivity index (χ2v) is 6.84. The minimum absolute atomic E-state index is 0.0968. The number of aryl methyl sites for hydroxylation is 1. The average Bonchev–Trinajstić information content (AvgIpc) is 2.73. The van der Waals surface area contributed by atoms with E-state index < -0.39 is 17.8 Å². The maximum absolute atomic E-state index is 12.9. The van der Waals surface area contributed by atoms with Gasteiger partial charge in [-0.2, -0.15) is 13.2 Å². The van der Waals surface area contributed by atoms with Gasteiger partial charge < -0.3 is 10.1 Å². The molecule has 5 nitrogen and oxygen atoms in total. The van der Waals surface area contributed by atoms with Crippen LogP contribution in [0, 0.1) is 0 Å². The van der Waals surface area contributed by atoms with E-state index >= 15 is 0 Å². The number of nitrogens with zero attached hydrogens (tertiary/aromatic N) is 2. The van der Waals surface area contributed by atoms with Gasteiger partial charge in [0.1, 0.15) is 11.5 Å². The van der Waals surface area contributed by atoms with Gasteiger partial charge in [-0.3, -0.25) is 9.88 Å². The molecule has 0 fully saturated rings. The summed E-state index contributed by atoms with van der Waals surface area (Å²) >= 11 is 0. The number of anilines is 2. The zero-order valence-corrected chi connectivity index (χ0v) is 15.8. The third kappa shape index (κ3) is 4.37. The molecular weight excluding hydrogens is 395 g/mol. The number of fused-ring (bicyclic) bond motifs is 1. The van der Waals surface area contributed by atoms with Crippen molar-refractivity contribution in [1.29, 1.82) is 0 Å². The molecule has 0 radical (unpaired) electrons. The van der Waals surface area contributed by atoms with E-state index in [0.29, 0.717) is 23.7 Å². The molecule has 0 bridgehead atoms. The number of aromatic nitrogens is 1. The minimum Gasteiger partial charge on any atom is -0.457 e. The molecule has 1 aromatic heterocycles. The summed E-state index contributed by atoms with van der Waals surface area (Å²) in [6.45, 7) is 0.475. The minimum atomic E-state index is -4.47. The van der Waals surface area contributed by atoms with Crippen molar-refractivity contribution < 1.29 is 22.7 Å². The van der Waals surface area contributed by atoms with Gasteiger partial charge in [0.2, 0.25) is 0 Å². The van der Waals surface area contributed by atoms with Crippen molar-refractivity contribution in [2.75, 3.05) is 16.8 Å². The van der Waals surface area contributed by atoms with Gasteiger partial charge in [0.05, 0.1) is 5.56 Å². The summed E-state index contributed by atoms with van der Waals surface area (Å²) in [5.41, 5.74) is 0.941. The molecule has 30 heavy (non-hydrogen) atoms. The molecule has 0 atom stereocenters. The Morgan fingerprint density at radius 1 is 1.03 bits per heavy atom. The molecule has 0 saturated heterocycles. The molecule has 2 heterocycles. The van der Waals surface area contributed by atoms with E-state index in [-0.39, 0.29) is 5.69 Å². The van der Waals surface area contributed by atoms with Crippen LogP contribution in [0.3, 0.4) is 0 Å². The second kappa shape index (κ2) is 8.06. The standard InChI is InChI=1S/C22H18F3N3O2/c23-22(24,25)16-4-1-5-17(14-16)27-21(29)28-12-2-3-15-13-19(6-7-20(15)28)30-18-8-10-26-11-9-18/h1,4-11,13-14H,2-3,12H2,(H,27,29). The first-order chi connectivity index (χ1) is 14.4. The van der Waals surface area contributed by atoms with E-state index in [0.717, 1.165) is 30.5 Å². The quantitative estimate of drug-likeness (QED) is 0.584. The number of halogens is 3. The summed E-state index contributed by atoms with van der Waals surface area (Å²) in [6, 6.07) is 13.0. The van der Waals surface area contributed by atoms with E-state index in [4.69, 9.17) is 4.74 Å². The van der Waals surface area contributed by atoms with Gasteiger partial charge >= 0.3 is 12.2 Å². The number of alkyl halides is 3. The van der Waals surface area contributed by atoms with Crippen LogP contribution in [0.25, 0.3) is 0 Å². The van der Waals surface area contributed by atoms with Crippen LogP contribution < -0.4 is 15.0 Å². The Hall–Kier alpha value is -3.55. The molecule has 8 heteroatoms. The van der Waals surface area contributed by atoms with Crippen LogP contribution in [0.15, 0.2) is 67.0 Å². The lowest BCUT2D eigenvalue weighted by molar-refractivity contribution is -0.137. The van der Waals surface area contributed by atoms with Crippen molar-refractivity contribution in [2.45, 2.75) is 19.0 Å². The molecule has 1 N–H and O–H groups in total. The van der Waals surface area contributed by atoms with Crippen LogP contribution in [0.5, 0.6) is 11.5 Å². The molecule has 3 aromatic rings. The number of carbonyl (C=O) groups excluding carboxylic acids is 1. The van der Waals surface area contributed by atoms with Crippen LogP contribution in [0.1, 0.15) is 17.5 Å². The Labute approximate surface area is 171 Å². The number of rotatable bonds is 3. The van der Waals surface area contributed by atoms with Gasteiger partial charge in [0, 0.05) is 30.3 Å². The summed E-state index contributed by atoms with van der Waals surface area (Å²) in [5, 5.41) is 2.57. The summed E-state index contributed by atoms with van der Waals surface area (Å²) in [5.74, 6) is 1.29. The van der Waals surface area contributed by atoms with Crippen molar-refractivity contribution in [3.63, 3.8) is 0 Å². The monoisotopic (exact) mass is 413 g/mol. The largest absolute Gasteiger partial charge is 0.457 e. The van der Waals surface area contributed by atoms with Gasteiger partial charge in [-0.25, -0.2) is 4.79 Å². The summed E-state index contributed by atoms with van der Waals surface area (Å²) in [6.07, 6.45) is 0.308. The lowest BCUT2D eigenvalue weighted by Gasteiger charge is -2.30. The zero-order valence-electron chi connectivity index (χ0n) is 15.8. The van der Waals surface area contributed by atoms with Crippen molar-refractivity contribution in [3.8, 4) is 11.5 Å². The first-order valence-electron chi connectivity index (χ1n) is 9.37. The molecule has 1 aliphatic heterocycles. The van der Waals surface area contributed by atoms with Crippen molar-refractivity contribution in [1.82, 2.24) is 4.98 Å². The highest BCUT2D eigenvalue weighted by Gasteiger charge is 2.31. The Kier molecular flexibility index (Phi) is 5.31. The highest BCUT2D eigenvalue weighted by molar-refractivity contribution is 6.02. The molecule has 2 aromatic carbocycles. The number of hydrogen-bond donors (Lipinski definition) is 1. The Morgan fingerprint density at radius 3 is 2.60 bits per heavy atom. The van der Waals surface area contributed by atoms with Crippen LogP contribution in [0.4, 0.5) is 29.3 Å². The van der Waals surface area contributed by atoms with E-state index in [1.165, 1.54) is 17.0 Å². The van der Waals surface area contributed by atoms with Crippen LogP contribution in [-0.4, -0.2) is 17.6 Å². The second-order valence-electron chi connectivity index (χ2n) is 6.84. The molecule has 2 amide bonds. The molecular formula is C22H18F3N3O2. The SMILES string of the molecule is O=C(Nc1cccc(C(F)(F)F)c1)N1CCCc2cc(Oc3ccncc3)ccc21. The van der Waals surface area contributed by atoms with Crippen LogP contribution in [0.2, 0.25) is 0 Å². The Morgan fingerprint density at radius 2 is 1.83 bits per heavy atom. The first kappa shape index (κ1) is 19.8. The fourth-order valence-electron chi connectivity index (χ4n) is 3.35. The highest BCUT2D eigenvalue weighted by Crippen LogP contribution is 2.34. The lowest BCUT2D eigenvalue weighted by Crippen LogP contribution is -2.38. The molecule has 0 saturated carbocycles. The number of carbonyl (C=O) groups is 1. The highest BCUT2D eigenvalue weighted by atomic mass is 19.4. The Balaban J connectivity index is 1.52. The molecule has 4 rings (SSSR count). The molecule has 0 unspecified atom stereocenters. The fourth-order valence-corrected chi connectivity index (χ4v) is 3.35. The number of ether oxygens (including phenoxy) is 1. The number of urea groups is 1. The molecule has 1 aliphatic rings. The fraction of sp³-hybridized carbons (Fsp3) is 0.182. The van der Waals surface area contributed by atoms with E-state index in [2.05, 4.69) is 10.3 Å². The van der Waals surface area contributed by atoms with Gasteiger partial charge in [0.25, 0.3) is 0 Å². The first-order valence-corrected chi connectivity index (χ1v) is 9.37. The number of hydrogen-bond acceptors (Lipinski definition) is 3. The van der Waals surface area contributed by atoms with Gasteiger partial charge in [0.15, 0.2) is 0 Å². The Bertz CT molecular complexity index is 1050. The number of nitrogens with one attached hydrogen (secondary N) is 1. The molecule has 154 valence electrons. The summed E-state index contributed by atoms with van der Waals surface area (Å²) in [4.78, 5) is 18.2. The van der Waals surface area contributed by atoms with E-state index in [1.807, 2.05) is 6.07 Å². The maximum atomic E-state index is 12.9. The zero-order chi connectivity index (χ0) is 21.1. The van der Waals surface area contributed by atoms with Crippen LogP contribution in [-0.2, 0) is 12.6 Å². The van der Waals surface area contributed by atoms with Gasteiger partial charge in [-0.05, 0) is 66.9 Å². The predicted octanol–water partition coefficient (Wildman–Crippen LogP) is 5.88. The lowest BCUT2D eigenvalue weighted by atomic mass is 10.0. The van der Waals surface area contributed by atoms with Gasteiger partial charge in [-0.1, -0.05) is 6.07 Å². The normalized spacial score (nSPS) is 13.5. The van der Waals surface area contributed by atoms with E-state index in [1.54, 1.807) is 36.7 Å². The number of amides is 2. The average molecular weight is 413 g/mol. The maximum Gasteiger partial charge on any atom is 0.416 e. The molecule has 0 aliphatic carbocycles. The topological polar surface area (TPSA) is 54.5 Å². The van der Waals surface area contributed by atoms with Crippen molar-refractivity contribution in [3.05, 3.63) is 78.1 Å². The third-order valence-electron chi connectivity index (χ3n) is 4.74. The third-order valence-corrected chi connectivity index (χ3v) is 4.74. The van der Waals surface area contributed by atoms with E-state index in [9.17, 15) is 18.0 Å². The van der Waals surface area contributed by atoms with Crippen molar-refractivity contribution >= 4 is 17.4 Å². The number of pyridine rings is 1. The number of benzene rings is 2. The smallest absolute Gasteiger partial charge is 0.416 e. The van der Waals surface area contributed by atoms with Crippen molar-refractivity contribution in [2.24, 2.45) is 0 Å².